The quantitative estimate of drug-likeness (QED) is 0.638. The largest absolute Gasteiger partial charge is 0.461 e. The van der Waals surface area contributed by atoms with Gasteiger partial charge in [0.1, 0.15) is 4.60 Å². The van der Waals surface area contributed by atoms with Gasteiger partial charge in [0, 0.05) is 25.4 Å². The molecule has 3 heterocycles. The molecule has 1 N–H and O–H groups in total. The van der Waals surface area contributed by atoms with E-state index in [1.165, 1.54) is 6.26 Å². The van der Waals surface area contributed by atoms with Crippen LogP contribution >= 0.6 is 15.9 Å². The van der Waals surface area contributed by atoms with E-state index in [-0.39, 0.29) is 11.6 Å². The Morgan fingerprint density at radius 3 is 2.96 bits per heavy atom. The smallest absolute Gasteiger partial charge is 0.273 e. The average molecular weight is 379 g/mol. The van der Waals surface area contributed by atoms with Gasteiger partial charge in [-0.25, -0.2) is 0 Å². The molecule has 0 saturated heterocycles. The summed E-state index contributed by atoms with van der Waals surface area (Å²) in [5, 5.41) is 10.8. The summed E-state index contributed by atoms with van der Waals surface area (Å²) in [5.41, 5.74) is 0.243. The summed E-state index contributed by atoms with van der Waals surface area (Å²) in [7, 11) is 0. The van der Waals surface area contributed by atoms with E-state index in [0.717, 1.165) is 24.0 Å². The summed E-state index contributed by atoms with van der Waals surface area (Å²) >= 11 is 3.30. The minimum absolute atomic E-state index is 0.243. The minimum atomic E-state index is -0.256. The first kappa shape index (κ1) is 15.5. The van der Waals surface area contributed by atoms with Crippen molar-refractivity contribution in [3.8, 4) is 11.5 Å². The first-order valence-corrected chi connectivity index (χ1v) is 7.99. The van der Waals surface area contributed by atoms with Crippen LogP contribution < -0.4 is 5.32 Å². The zero-order valence-electron chi connectivity index (χ0n) is 12.2. The lowest BCUT2D eigenvalue weighted by Gasteiger charge is -2.03. The number of rotatable bonds is 7. The second-order valence-electron chi connectivity index (χ2n) is 4.92. The van der Waals surface area contributed by atoms with Crippen molar-refractivity contribution in [1.29, 1.82) is 0 Å². The van der Waals surface area contributed by atoms with Crippen LogP contribution in [0.3, 0.4) is 0 Å². The van der Waals surface area contributed by atoms with Crippen molar-refractivity contribution >= 4 is 21.8 Å². The molecule has 0 aromatic carbocycles. The third kappa shape index (κ3) is 4.10. The molecule has 0 fully saturated rings. The molecule has 0 unspecified atom stereocenters. The van der Waals surface area contributed by atoms with Gasteiger partial charge in [-0.05, 0) is 47.0 Å². The summed E-state index contributed by atoms with van der Waals surface area (Å²) in [6.45, 7) is 1.39. The van der Waals surface area contributed by atoms with Crippen molar-refractivity contribution in [2.24, 2.45) is 0 Å². The third-order valence-corrected chi connectivity index (χ3v) is 3.64. The van der Waals surface area contributed by atoms with Crippen LogP contribution in [0.25, 0.3) is 11.5 Å². The van der Waals surface area contributed by atoms with E-state index in [1.807, 2.05) is 16.9 Å². The van der Waals surface area contributed by atoms with E-state index in [4.69, 9.17) is 8.94 Å². The highest BCUT2D eigenvalue weighted by Crippen LogP contribution is 2.20. The SMILES string of the molecule is O=C(NCCCCn1ccc(Br)n1)c1cc(-c2ccco2)on1. The van der Waals surface area contributed by atoms with E-state index in [0.29, 0.717) is 18.1 Å². The van der Waals surface area contributed by atoms with Crippen molar-refractivity contribution in [3.63, 3.8) is 0 Å². The number of furan rings is 1. The van der Waals surface area contributed by atoms with Gasteiger partial charge in [-0.1, -0.05) is 5.16 Å². The van der Waals surface area contributed by atoms with Gasteiger partial charge in [-0.15, -0.1) is 0 Å². The molecular weight excluding hydrogens is 364 g/mol. The topological polar surface area (TPSA) is 86.1 Å². The molecule has 23 heavy (non-hydrogen) atoms. The fourth-order valence-electron chi connectivity index (χ4n) is 2.07. The monoisotopic (exact) mass is 378 g/mol. The van der Waals surface area contributed by atoms with Crippen LogP contribution in [-0.2, 0) is 6.54 Å². The lowest BCUT2D eigenvalue weighted by Crippen LogP contribution is -2.24. The maximum absolute atomic E-state index is 12.0. The molecule has 0 aliphatic heterocycles. The van der Waals surface area contributed by atoms with E-state index in [2.05, 4.69) is 31.5 Å². The normalized spacial score (nSPS) is 10.8. The van der Waals surface area contributed by atoms with Gasteiger partial charge < -0.3 is 14.3 Å². The maximum atomic E-state index is 12.0. The Morgan fingerprint density at radius 1 is 1.30 bits per heavy atom. The Labute approximate surface area is 140 Å². The summed E-state index contributed by atoms with van der Waals surface area (Å²) in [4.78, 5) is 12.0. The third-order valence-electron chi connectivity index (χ3n) is 3.21. The number of hydrogen-bond acceptors (Lipinski definition) is 5. The lowest BCUT2D eigenvalue weighted by atomic mass is 10.3. The highest BCUT2D eigenvalue weighted by Gasteiger charge is 2.14. The number of nitrogens with zero attached hydrogens (tertiary/aromatic N) is 3. The zero-order chi connectivity index (χ0) is 16.1. The molecule has 3 aromatic heterocycles. The maximum Gasteiger partial charge on any atom is 0.273 e. The Morgan fingerprint density at radius 2 is 2.22 bits per heavy atom. The van der Waals surface area contributed by atoms with Crippen molar-refractivity contribution in [2.75, 3.05) is 6.54 Å². The van der Waals surface area contributed by atoms with Crippen LogP contribution in [0.15, 0.2) is 50.3 Å². The Bertz CT molecular complexity index is 763. The number of hydrogen-bond donors (Lipinski definition) is 1. The van der Waals surface area contributed by atoms with E-state index in [1.54, 1.807) is 18.2 Å². The molecule has 3 aromatic rings. The van der Waals surface area contributed by atoms with E-state index in [9.17, 15) is 4.79 Å². The predicted octanol–water partition coefficient (Wildman–Crippen LogP) is 3.10. The van der Waals surface area contributed by atoms with Crippen molar-refractivity contribution < 1.29 is 13.7 Å². The van der Waals surface area contributed by atoms with Gasteiger partial charge in [-0.2, -0.15) is 5.10 Å². The van der Waals surface area contributed by atoms with Gasteiger partial charge in [0.2, 0.25) is 5.76 Å². The van der Waals surface area contributed by atoms with Crippen LogP contribution in [0.1, 0.15) is 23.3 Å². The number of nitrogens with one attached hydrogen (secondary N) is 1. The van der Waals surface area contributed by atoms with Crippen molar-refractivity contribution in [1.82, 2.24) is 20.3 Å². The number of unbranched alkanes of at least 4 members (excludes halogenated alkanes) is 1. The highest BCUT2D eigenvalue weighted by atomic mass is 79.9. The summed E-state index contributed by atoms with van der Waals surface area (Å²) in [6.07, 6.45) is 5.22. The van der Waals surface area contributed by atoms with Crippen LogP contribution in [0.5, 0.6) is 0 Å². The first-order valence-electron chi connectivity index (χ1n) is 7.20. The zero-order valence-corrected chi connectivity index (χ0v) is 13.8. The standard InChI is InChI=1S/C15H15BrN4O3/c16-14-5-8-20(18-14)7-2-1-6-17-15(21)11-10-13(23-19-11)12-4-3-9-22-12/h3-5,8-10H,1-2,6-7H2,(H,17,21). The van der Waals surface area contributed by atoms with E-state index >= 15 is 0 Å². The molecule has 0 aliphatic carbocycles. The summed E-state index contributed by atoms with van der Waals surface area (Å²) in [6, 6.07) is 6.95. The second kappa shape index (κ2) is 7.28. The fourth-order valence-corrected chi connectivity index (χ4v) is 2.39. The molecule has 1 amide bonds. The molecule has 0 radical (unpaired) electrons. The summed E-state index contributed by atoms with van der Waals surface area (Å²) in [5.74, 6) is 0.722. The average Bonchev–Trinajstić information content (AvgIpc) is 3.27. The Hall–Kier alpha value is -2.35. The molecule has 0 aliphatic rings. The number of aryl methyl sites for hydroxylation is 1. The molecule has 0 atom stereocenters. The van der Waals surface area contributed by atoms with Gasteiger partial charge in [0.25, 0.3) is 5.91 Å². The van der Waals surface area contributed by atoms with Crippen LogP contribution in [0.2, 0.25) is 0 Å². The molecule has 3 rings (SSSR count). The van der Waals surface area contributed by atoms with E-state index < -0.39 is 0 Å². The highest BCUT2D eigenvalue weighted by molar-refractivity contribution is 9.10. The van der Waals surface area contributed by atoms with Gasteiger partial charge in [-0.3, -0.25) is 9.48 Å². The van der Waals surface area contributed by atoms with Crippen LogP contribution in [0, 0.1) is 0 Å². The predicted molar refractivity (Wildman–Crippen MR) is 85.7 cm³/mol. The molecule has 0 saturated carbocycles. The number of carbonyl (C=O) groups is 1. The Balaban J connectivity index is 1.41. The number of aromatic nitrogens is 3. The number of halogens is 1. The fraction of sp³-hybridized carbons (Fsp3) is 0.267. The number of carbonyl (C=O) groups excluding carboxylic acids is 1. The van der Waals surface area contributed by atoms with Crippen molar-refractivity contribution in [2.45, 2.75) is 19.4 Å². The minimum Gasteiger partial charge on any atom is -0.461 e. The first-order chi connectivity index (χ1) is 11.2. The summed E-state index contributed by atoms with van der Waals surface area (Å²) < 4.78 is 13.0. The van der Waals surface area contributed by atoms with Crippen LogP contribution in [0.4, 0.5) is 0 Å². The van der Waals surface area contributed by atoms with Gasteiger partial charge >= 0.3 is 0 Å². The molecule has 8 heteroatoms. The van der Waals surface area contributed by atoms with Gasteiger partial charge in [0.15, 0.2) is 11.5 Å². The molecule has 120 valence electrons. The number of amides is 1. The Kier molecular flexibility index (Phi) is 4.92. The van der Waals surface area contributed by atoms with Crippen LogP contribution in [-0.4, -0.2) is 27.4 Å². The lowest BCUT2D eigenvalue weighted by molar-refractivity contribution is 0.0944. The second-order valence-corrected chi connectivity index (χ2v) is 5.73. The molecule has 0 bridgehead atoms. The van der Waals surface area contributed by atoms with Crippen molar-refractivity contribution in [3.05, 3.63) is 47.0 Å². The molecule has 7 nitrogen and oxygen atoms in total. The molecule has 0 spiro atoms. The molecular formula is C15H15BrN4O3. The van der Waals surface area contributed by atoms with Gasteiger partial charge in [0.05, 0.1) is 6.26 Å².